The maximum absolute atomic E-state index is 12.0. The molecule has 0 saturated carbocycles. The van der Waals surface area contributed by atoms with Gasteiger partial charge in [0, 0.05) is 6.20 Å². The Balaban J connectivity index is 1.81. The monoisotopic (exact) mass is 347 g/mol. The number of benzene rings is 1. The van der Waals surface area contributed by atoms with Crippen LogP contribution in [0.1, 0.15) is 12.5 Å². The van der Waals surface area contributed by atoms with E-state index in [-0.39, 0.29) is 12.5 Å². The van der Waals surface area contributed by atoms with Crippen molar-refractivity contribution in [3.05, 3.63) is 53.3 Å². The van der Waals surface area contributed by atoms with Crippen molar-refractivity contribution in [3.8, 4) is 5.75 Å². The number of carbonyl (C=O) groups excluding carboxylic acids is 2. The first-order valence-electron chi connectivity index (χ1n) is 7.36. The average Bonchev–Trinajstić information content (AvgIpc) is 2.56. The molecule has 2 rings (SSSR count). The zero-order chi connectivity index (χ0) is 17.5. The summed E-state index contributed by atoms with van der Waals surface area (Å²) in [5, 5.41) is 5.61. The van der Waals surface area contributed by atoms with Crippen molar-refractivity contribution in [2.24, 2.45) is 0 Å². The van der Waals surface area contributed by atoms with Crippen LogP contribution in [-0.4, -0.2) is 29.4 Å². The van der Waals surface area contributed by atoms with Gasteiger partial charge in [-0.3, -0.25) is 14.6 Å². The predicted molar refractivity (Wildman–Crippen MR) is 92.2 cm³/mol. The molecule has 0 aliphatic heterocycles. The maximum atomic E-state index is 12.0. The Hall–Kier alpha value is -2.60. The standard InChI is InChI=1S/C17H18ClN3O3/c1-11-5-6-15(14(18)8-11)21-16(22)10-20-17(23)12(2)24-13-4-3-7-19-9-13/h3-9,12H,10H2,1-2H3,(H,20,23)(H,21,22)/t12-/m1/s1. The Kier molecular flexibility index (Phi) is 6.14. The first-order valence-corrected chi connectivity index (χ1v) is 7.74. The third kappa shape index (κ3) is 5.24. The van der Waals surface area contributed by atoms with E-state index in [1.54, 1.807) is 37.4 Å². The average molecular weight is 348 g/mol. The van der Waals surface area contributed by atoms with Gasteiger partial charge >= 0.3 is 0 Å². The van der Waals surface area contributed by atoms with Crippen LogP contribution >= 0.6 is 11.6 Å². The van der Waals surface area contributed by atoms with E-state index >= 15 is 0 Å². The molecule has 0 saturated heterocycles. The van der Waals surface area contributed by atoms with Gasteiger partial charge in [0.2, 0.25) is 5.91 Å². The number of amides is 2. The van der Waals surface area contributed by atoms with Gasteiger partial charge in [-0.1, -0.05) is 17.7 Å². The van der Waals surface area contributed by atoms with Gasteiger partial charge in [0.15, 0.2) is 6.10 Å². The number of rotatable bonds is 6. The molecule has 0 bridgehead atoms. The van der Waals surface area contributed by atoms with E-state index in [0.717, 1.165) is 5.56 Å². The smallest absolute Gasteiger partial charge is 0.261 e. The molecule has 2 amide bonds. The fraction of sp³-hybridized carbons (Fsp3) is 0.235. The molecule has 0 fully saturated rings. The van der Waals surface area contributed by atoms with Crippen LogP contribution in [0.4, 0.5) is 5.69 Å². The molecule has 24 heavy (non-hydrogen) atoms. The zero-order valence-electron chi connectivity index (χ0n) is 13.4. The number of hydrogen-bond donors (Lipinski definition) is 2. The summed E-state index contributed by atoms with van der Waals surface area (Å²) in [7, 11) is 0. The number of halogens is 1. The van der Waals surface area contributed by atoms with E-state index in [1.807, 2.05) is 13.0 Å². The second-order valence-corrected chi connectivity index (χ2v) is 5.61. The lowest BCUT2D eigenvalue weighted by Gasteiger charge is -2.14. The minimum atomic E-state index is -0.745. The lowest BCUT2D eigenvalue weighted by Crippen LogP contribution is -2.40. The van der Waals surface area contributed by atoms with Crippen molar-refractivity contribution < 1.29 is 14.3 Å². The number of pyridine rings is 1. The van der Waals surface area contributed by atoms with Gasteiger partial charge in [0.25, 0.3) is 5.91 Å². The van der Waals surface area contributed by atoms with Gasteiger partial charge in [0.05, 0.1) is 23.5 Å². The van der Waals surface area contributed by atoms with Crippen molar-refractivity contribution in [2.75, 3.05) is 11.9 Å². The van der Waals surface area contributed by atoms with E-state index in [4.69, 9.17) is 16.3 Å². The molecule has 6 nitrogen and oxygen atoms in total. The van der Waals surface area contributed by atoms with Gasteiger partial charge in [-0.2, -0.15) is 0 Å². The van der Waals surface area contributed by atoms with Crippen LogP contribution in [0.25, 0.3) is 0 Å². The van der Waals surface area contributed by atoms with Crippen LogP contribution in [0.5, 0.6) is 5.75 Å². The molecule has 1 aromatic carbocycles. The molecule has 7 heteroatoms. The Morgan fingerprint density at radius 3 is 2.79 bits per heavy atom. The SMILES string of the molecule is Cc1ccc(NC(=O)CNC(=O)[C@@H](C)Oc2cccnc2)c(Cl)c1. The minimum absolute atomic E-state index is 0.177. The third-order valence-electron chi connectivity index (χ3n) is 3.14. The lowest BCUT2D eigenvalue weighted by atomic mass is 10.2. The molecular formula is C17H18ClN3O3. The second kappa shape index (κ2) is 8.31. The number of ether oxygens (including phenoxy) is 1. The van der Waals surface area contributed by atoms with Crippen LogP contribution in [0.2, 0.25) is 5.02 Å². The molecule has 1 atom stereocenters. The Morgan fingerprint density at radius 2 is 2.12 bits per heavy atom. The summed E-state index contributed by atoms with van der Waals surface area (Å²) < 4.78 is 5.43. The molecule has 0 spiro atoms. The van der Waals surface area contributed by atoms with Gasteiger partial charge in [-0.15, -0.1) is 0 Å². The quantitative estimate of drug-likeness (QED) is 0.841. The summed E-state index contributed by atoms with van der Waals surface area (Å²) in [6.07, 6.45) is 2.37. The van der Waals surface area contributed by atoms with Crippen molar-refractivity contribution in [2.45, 2.75) is 20.0 Å². The first kappa shape index (κ1) is 17.7. The summed E-state index contributed by atoms with van der Waals surface area (Å²) in [4.78, 5) is 27.8. The van der Waals surface area contributed by atoms with Crippen LogP contribution in [0.3, 0.4) is 0 Å². The summed E-state index contributed by atoms with van der Waals surface area (Å²) in [5.41, 5.74) is 1.49. The molecule has 0 unspecified atom stereocenters. The van der Waals surface area contributed by atoms with E-state index in [9.17, 15) is 9.59 Å². The molecule has 126 valence electrons. The number of aromatic nitrogens is 1. The van der Waals surface area contributed by atoms with Crippen molar-refractivity contribution in [3.63, 3.8) is 0 Å². The van der Waals surface area contributed by atoms with Crippen molar-refractivity contribution in [1.29, 1.82) is 0 Å². The highest BCUT2D eigenvalue weighted by molar-refractivity contribution is 6.33. The number of carbonyl (C=O) groups is 2. The van der Waals surface area contributed by atoms with Gasteiger partial charge in [-0.25, -0.2) is 0 Å². The van der Waals surface area contributed by atoms with Gasteiger partial charge in [-0.05, 0) is 43.7 Å². The summed E-state index contributed by atoms with van der Waals surface area (Å²) in [5.74, 6) is -0.289. The molecule has 2 N–H and O–H groups in total. The number of nitrogens with one attached hydrogen (secondary N) is 2. The Morgan fingerprint density at radius 1 is 1.33 bits per heavy atom. The first-order chi connectivity index (χ1) is 11.5. The van der Waals surface area contributed by atoms with E-state index in [1.165, 1.54) is 6.20 Å². The maximum Gasteiger partial charge on any atom is 0.261 e. The predicted octanol–water partition coefficient (Wildman–Crippen LogP) is 2.57. The highest BCUT2D eigenvalue weighted by Crippen LogP contribution is 2.22. The van der Waals surface area contributed by atoms with Crippen LogP contribution < -0.4 is 15.4 Å². The van der Waals surface area contributed by atoms with E-state index in [0.29, 0.717) is 16.5 Å². The van der Waals surface area contributed by atoms with E-state index in [2.05, 4.69) is 15.6 Å². The minimum Gasteiger partial charge on any atom is -0.479 e. The summed E-state index contributed by atoms with van der Waals surface area (Å²) in [6.45, 7) is 3.32. The number of anilines is 1. The Bertz CT molecular complexity index is 722. The fourth-order valence-corrected chi connectivity index (χ4v) is 2.18. The fourth-order valence-electron chi connectivity index (χ4n) is 1.90. The largest absolute Gasteiger partial charge is 0.479 e. The van der Waals surface area contributed by atoms with Crippen molar-refractivity contribution >= 4 is 29.1 Å². The van der Waals surface area contributed by atoms with E-state index < -0.39 is 12.0 Å². The molecule has 0 radical (unpaired) electrons. The van der Waals surface area contributed by atoms with Gasteiger partial charge in [0.1, 0.15) is 5.75 Å². The van der Waals surface area contributed by atoms with Crippen LogP contribution in [-0.2, 0) is 9.59 Å². The summed E-state index contributed by atoms with van der Waals surface area (Å²) >= 11 is 6.05. The number of nitrogens with zero attached hydrogens (tertiary/aromatic N) is 1. The molecule has 2 aromatic rings. The van der Waals surface area contributed by atoms with Gasteiger partial charge < -0.3 is 15.4 Å². The van der Waals surface area contributed by atoms with Crippen LogP contribution in [0, 0.1) is 6.92 Å². The highest BCUT2D eigenvalue weighted by atomic mass is 35.5. The zero-order valence-corrected chi connectivity index (χ0v) is 14.1. The third-order valence-corrected chi connectivity index (χ3v) is 3.45. The van der Waals surface area contributed by atoms with Crippen molar-refractivity contribution in [1.82, 2.24) is 10.3 Å². The second-order valence-electron chi connectivity index (χ2n) is 5.20. The molecular weight excluding hydrogens is 330 g/mol. The normalized spacial score (nSPS) is 11.5. The molecule has 0 aliphatic carbocycles. The Labute approximate surface area is 145 Å². The highest BCUT2D eigenvalue weighted by Gasteiger charge is 2.16. The lowest BCUT2D eigenvalue weighted by molar-refractivity contribution is -0.129. The topological polar surface area (TPSA) is 80.3 Å². The number of hydrogen-bond acceptors (Lipinski definition) is 4. The molecule has 1 heterocycles. The number of aryl methyl sites for hydroxylation is 1. The molecule has 0 aliphatic rings. The van der Waals surface area contributed by atoms with Crippen LogP contribution in [0.15, 0.2) is 42.7 Å². The summed E-state index contributed by atoms with van der Waals surface area (Å²) in [6, 6.07) is 8.70. The molecule has 1 aromatic heterocycles.